The van der Waals surface area contributed by atoms with Crippen molar-refractivity contribution in [3.63, 3.8) is 0 Å². The quantitative estimate of drug-likeness (QED) is 0.798. The lowest BCUT2D eigenvalue weighted by Crippen LogP contribution is -2.03. The normalized spacial score (nSPS) is 10.3. The van der Waals surface area contributed by atoms with Crippen molar-refractivity contribution >= 4 is 44.9 Å². The van der Waals surface area contributed by atoms with Crippen LogP contribution in [0.4, 0.5) is 17.3 Å². The van der Waals surface area contributed by atoms with E-state index < -0.39 is 0 Å². The minimum atomic E-state index is 0.698. The molecule has 1 heterocycles. The van der Waals surface area contributed by atoms with Crippen molar-refractivity contribution in [2.45, 2.75) is 13.3 Å². The van der Waals surface area contributed by atoms with Crippen LogP contribution in [0, 0.1) is 0 Å². The second kappa shape index (κ2) is 6.78. The number of nitrogens with one attached hydrogen (secondary N) is 2. The van der Waals surface area contributed by atoms with Gasteiger partial charge >= 0.3 is 0 Å². The van der Waals surface area contributed by atoms with Crippen LogP contribution < -0.4 is 10.6 Å². The molecular formula is C14H15BrClN3. The number of anilines is 3. The monoisotopic (exact) mass is 339 g/mol. The van der Waals surface area contributed by atoms with E-state index in [-0.39, 0.29) is 0 Å². The number of benzene rings is 1. The van der Waals surface area contributed by atoms with Crippen molar-refractivity contribution in [3.8, 4) is 0 Å². The van der Waals surface area contributed by atoms with Gasteiger partial charge in [0.2, 0.25) is 0 Å². The van der Waals surface area contributed by atoms with Gasteiger partial charge in [0.1, 0.15) is 11.6 Å². The van der Waals surface area contributed by atoms with E-state index in [0.29, 0.717) is 5.02 Å². The average Bonchev–Trinajstić information content (AvgIpc) is 2.40. The lowest BCUT2D eigenvalue weighted by Gasteiger charge is -2.10. The van der Waals surface area contributed by atoms with Gasteiger partial charge in [0, 0.05) is 16.0 Å². The highest BCUT2D eigenvalue weighted by molar-refractivity contribution is 9.10. The van der Waals surface area contributed by atoms with Gasteiger partial charge < -0.3 is 10.6 Å². The van der Waals surface area contributed by atoms with Crippen LogP contribution in [0.3, 0.4) is 0 Å². The van der Waals surface area contributed by atoms with Crippen LogP contribution >= 0.6 is 27.5 Å². The van der Waals surface area contributed by atoms with Gasteiger partial charge in [0.25, 0.3) is 0 Å². The summed E-state index contributed by atoms with van der Waals surface area (Å²) in [5.74, 6) is 1.67. The zero-order valence-corrected chi connectivity index (χ0v) is 12.9. The summed E-state index contributed by atoms with van der Waals surface area (Å²) < 4.78 is 0.911. The lowest BCUT2D eigenvalue weighted by molar-refractivity contribution is 0.970. The molecule has 0 amide bonds. The molecule has 0 aliphatic carbocycles. The molecule has 0 aliphatic heterocycles. The molecule has 0 aliphatic rings. The Morgan fingerprint density at radius 3 is 2.74 bits per heavy atom. The van der Waals surface area contributed by atoms with E-state index in [1.165, 1.54) is 0 Å². The molecule has 0 saturated carbocycles. The Morgan fingerprint density at radius 1 is 1.21 bits per heavy atom. The summed E-state index contributed by atoms with van der Waals surface area (Å²) in [6.45, 7) is 3.04. The van der Waals surface area contributed by atoms with E-state index in [9.17, 15) is 0 Å². The molecule has 2 aromatic rings. The number of halogens is 2. The molecule has 0 saturated heterocycles. The highest BCUT2D eigenvalue weighted by Crippen LogP contribution is 2.28. The Hall–Kier alpha value is -1.26. The molecule has 0 spiro atoms. The third-order valence-electron chi connectivity index (χ3n) is 2.50. The van der Waals surface area contributed by atoms with Crippen molar-refractivity contribution in [3.05, 3.63) is 45.9 Å². The molecule has 3 nitrogen and oxygen atoms in total. The summed E-state index contributed by atoms with van der Waals surface area (Å²) in [6.07, 6.45) is 1.07. The van der Waals surface area contributed by atoms with Gasteiger partial charge in [-0.05, 0) is 52.7 Å². The summed E-state index contributed by atoms with van der Waals surface area (Å²) in [7, 11) is 0. The minimum Gasteiger partial charge on any atom is -0.370 e. The van der Waals surface area contributed by atoms with Gasteiger partial charge in [-0.25, -0.2) is 4.98 Å². The molecule has 0 fully saturated rings. The van der Waals surface area contributed by atoms with Crippen LogP contribution in [0.15, 0.2) is 40.9 Å². The van der Waals surface area contributed by atoms with E-state index in [1.807, 2.05) is 36.4 Å². The Morgan fingerprint density at radius 2 is 2.00 bits per heavy atom. The van der Waals surface area contributed by atoms with E-state index in [4.69, 9.17) is 11.6 Å². The van der Waals surface area contributed by atoms with Gasteiger partial charge in [-0.3, -0.25) is 0 Å². The zero-order valence-electron chi connectivity index (χ0n) is 10.6. The molecule has 0 unspecified atom stereocenters. The van der Waals surface area contributed by atoms with Gasteiger partial charge in [0.15, 0.2) is 0 Å². The van der Waals surface area contributed by atoms with Gasteiger partial charge in [-0.15, -0.1) is 0 Å². The molecule has 2 rings (SSSR count). The molecule has 5 heteroatoms. The van der Waals surface area contributed by atoms with Crippen LogP contribution in [0.2, 0.25) is 5.02 Å². The van der Waals surface area contributed by atoms with E-state index in [1.54, 1.807) is 0 Å². The summed E-state index contributed by atoms with van der Waals surface area (Å²) in [5, 5.41) is 7.22. The van der Waals surface area contributed by atoms with Crippen LogP contribution in [0.25, 0.3) is 0 Å². The first-order valence-corrected chi connectivity index (χ1v) is 7.29. The molecule has 1 aromatic carbocycles. The Bertz CT molecular complexity index is 560. The molecule has 0 radical (unpaired) electrons. The maximum Gasteiger partial charge on any atom is 0.132 e. The van der Waals surface area contributed by atoms with Crippen molar-refractivity contribution in [2.75, 3.05) is 17.2 Å². The molecule has 2 N–H and O–H groups in total. The van der Waals surface area contributed by atoms with Crippen molar-refractivity contribution < 1.29 is 0 Å². The highest BCUT2D eigenvalue weighted by Gasteiger charge is 2.02. The van der Waals surface area contributed by atoms with Crippen LogP contribution in [-0.4, -0.2) is 11.5 Å². The van der Waals surface area contributed by atoms with Crippen molar-refractivity contribution in [2.24, 2.45) is 0 Å². The number of nitrogens with zero attached hydrogens (tertiary/aromatic N) is 1. The number of rotatable bonds is 5. The maximum atomic E-state index is 5.92. The third-order valence-corrected chi connectivity index (χ3v) is 3.39. The van der Waals surface area contributed by atoms with E-state index >= 15 is 0 Å². The summed E-state index contributed by atoms with van der Waals surface area (Å²) in [4.78, 5) is 4.49. The predicted octanol–water partition coefficient (Wildman–Crippen LogP) is 5.06. The zero-order chi connectivity index (χ0) is 13.7. The fourth-order valence-corrected chi connectivity index (χ4v) is 2.37. The first kappa shape index (κ1) is 14.2. The number of hydrogen-bond donors (Lipinski definition) is 2. The average molecular weight is 341 g/mol. The number of pyridine rings is 1. The smallest absolute Gasteiger partial charge is 0.132 e. The first-order chi connectivity index (χ1) is 9.19. The molecular weight excluding hydrogens is 326 g/mol. The van der Waals surface area contributed by atoms with Crippen LogP contribution in [0.1, 0.15) is 13.3 Å². The van der Waals surface area contributed by atoms with Gasteiger partial charge in [0.05, 0.1) is 5.69 Å². The fourth-order valence-electron chi connectivity index (χ4n) is 1.58. The van der Waals surface area contributed by atoms with Crippen molar-refractivity contribution in [1.82, 2.24) is 4.98 Å². The molecule has 0 bridgehead atoms. The highest BCUT2D eigenvalue weighted by atomic mass is 79.9. The van der Waals surface area contributed by atoms with Crippen LogP contribution in [0.5, 0.6) is 0 Å². The topological polar surface area (TPSA) is 37.0 Å². The SMILES string of the molecule is CCCNc1cccc(Nc2ccc(Cl)cc2Br)n1. The Balaban J connectivity index is 2.14. The van der Waals surface area contributed by atoms with E-state index in [2.05, 4.69) is 38.5 Å². The largest absolute Gasteiger partial charge is 0.370 e. The van der Waals surface area contributed by atoms with Crippen molar-refractivity contribution in [1.29, 1.82) is 0 Å². The predicted molar refractivity (Wildman–Crippen MR) is 85.5 cm³/mol. The maximum absolute atomic E-state index is 5.92. The van der Waals surface area contributed by atoms with Crippen LogP contribution in [-0.2, 0) is 0 Å². The molecule has 0 atom stereocenters. The van der Waals surface area contributed by atoms with E-state index in [0.717, 1.165) is 34.8 Å². The second-order valence-electron chi connectivity index (χ2n) is 4.08. The lowest BCUT2D eigenvalue weighted by atomic mass is 10.3. The number of aromatic nitrogens is 1. The summed E-state index contributed by atoms with van der Waals surface area (Å²) in [5.41, 5.74) is 0.935. The molecule has 100 valence electrons. The summed E-state index contributed by atoms with van der Waals surface area (Å²) in [6, 6.07) is 11.5. The summed E-state index contributed by atoms with van der Waals surface area (Å²) >= 11 is 9.39. The Kier molecular flexibility index (Phi) is 5.05. The third kappa shape index (κ3) is 4.11. The fraction of sp³-hybridized carbons (Fsp3) is 0.214. The molecule has 19 heavy (non-hydrogen) atoms. The number of hydrogen-bond acceptors (Lipinski definition) is 3. The standard InChI is InChI=1S/C14H15BrClN3/c1-2-8-17-13-4-3-5-14(19-13)18-12-7-6-10(16)9-11(12)15/h3-7,9H,2,8H2,1H3,(H2,17,18,19). The Labute approximate surface area is 126 Å². The first-order valence-electron chi connectivity index (χ1n) is 6.12. The molecule has 1 aromatic heterocycles. The van der Waals surface area contributed by atoms with Gasteiger partial charge in [-0.1, -0.05) is 24.6 Å². The second-order valence-corrected chi connectivity index (χ2v) is 5.37. The van der Waals surface area contributed by atoms with Gasteiger partial charge in [-0.2, -0.15) is 0 Å². The minimum absolute atomic E-state index is 0.698.